The zero-order valence-corrected chi connectivity index (χ0v) is 44.8. The van der Waals surface area contributed by atoms with E-state index in [0.717, 1.165) is 22.6 Å². The molecule has 4 rings (SSSR count). The Hall–Kier alpha value is -5.56. The molecule has 0 aliphatic heterocycles. The van der Waals surface area contributed by atoms with Gasteiger partial charge in [-0.2, -0.15) is 0 Å². The number of hydrogen-bond donors (Lipinski definition) is 1. The Morgan fingerprint density at radius 2 is 0.985 bits per heavy atom. The summed E-state index contributed by atoms with van der Waals surface area (Å²) in [6.45, 7) is 25.9. The van der Waals surface area contributed by atoms with Gasteiger partial charge in [-0.05, 0) is 110 Å². The molecular weight excluding hydrogens is 912 g/mol. The number of nitrogens with one attached hydrogen (secondary N) is 1. The molecule has 1 N–H and O–H groups in total. The van der Waals surface area contributed by atoms with Crippen molar-refractivity contribution in [1.82, 2.24) is 10.2 Å². The molecular formula is C50H71ClN2O12Si2. The number of ether oxygens (including phenoxy) is 6. The highest BCUT2D eigenvalue weighted by molar-refractivity contribution is 6.75. The lowest BCUT2D eigenvalue weighted by atomic mass is 10.1. The Labute approximate surface area is 404 Å². The number of rotatable bonds is 16. The van der Waals surface area contributed by atoms with Gasteiger partial charge in [-0.15, -0.1) is 0 Å². The Bertz CT molecular complexity index is 2190. The molecule has 368 valence electrons. The van der Waals surface area contributed by atoms with Crippen LogP contribution in [0.25, 0.3) is 0 Å². The smallest absolute Gasteiger partial charge is 0.416 e. The van der Waals surface area contributed by atoms with E-state index < -0.39 is 40.2 Å². The lowest BCUT2D eigenvalue weighted by Crippen LogP contribution is -2.43. The van der Waals surface area contributed by atoms with Crippen molar-refractivity contribution in [3.05, 3.63) is 108 Å². The third-order valence-electron chi connectivity index (χ3n) is 11.6. The SMILES string of the molecule is COC(=O)CN(C(=O)Oc1cccc(OC)c1)[C@@H](C)c1ccc(O[Si](C)(C)C(C)(C)C)cc1.COC(=O)CN[C@@H](C)c1ccc(O[Si](C)(C)C(C)(C)C)cc1.COc1cccc(OC(=O)Cl)c1. The maximum absolute atomic E-state index is 13.0. The molecule has 0 aromatic heterocycles. The third-order valence-corrected chi connectivity index (χ3v) is 20.4. The van der Waals surface area contributed by atoms with Crippen LogP contribution in [0.4, 0.5) is 9.59 Å². The molecule has 2 atom stereocenters. The van der Waals surface area contributed by atoms with E-state index in [4.69, 9.17) is 39.4 Å². The van der Waals surface area contributed by atoms with E-state index in [1.807, 2.05) is 62.4 Å². The molecule has 67 heavy (non-hydrogen) atoms. The molecule has 0 aliphatic rings. The lowest BCUT2D eigenvalue weighted by molar-refractivity contribution is -0.142. The Balaban J connectivity index is 0.000000387. The first-order valence-corrected chi connectivity index (χ1v) is 27.9. The van der Waals surface area contributed by atoms with Crippen LogP contribution in [0.15, 0.2) is 97.1 Å². The van der Waals surface area contributed by atoms with Crippen LogP contribution in [-0.4, -0.2) is 86.5 Å². The standard InChI is InChI=1S/C25H35NO6Si.C17H29NO3Si.C8H7ClO3/c1-18(19-12-14-20(15-13-19)32-33(7,8)25(2,3)4)26(17-23(27)30-6)24(28)31-22-11-9-10-21(16-22)29-5;1-13(18-12-16(19)20-5)14-8-10-15(11-9-14)21-22(6,7)17(2,3)4;1-11-6-3-2-4-7(5-6)12-8(9)10/h9-16,18H,17H2,1-8H3;8-11,13,18H,12H2,1-7H3;2-5H,1H3/t18-;13-;/m00./s1. The summed E-state index contributed by atoms with van der Waals surface area (Å²) in [5.41, 5.74) is 1.10. The van der Waals surface area contributed by atoms with Crippen molar-refractivity contribution in [3.63, 3.8) is 0 Å². The fourth-order valence-corrected chi connectivity index (χ4v) is 7.44. The summed E-state index contributed by atoms with van der Waals surface area (Å²) in [6.07, 6.45) is -0.664. The van der Waals surface area contributed by atoms with E-state index in [1.54, 1.807) is 48.5 Å². The first kappa shape index (κ1) is 57.6. The highest BCUT2D eigenvalue weighted by atomic mass is 35.5. The van der Waals surface area contributed by atoms with Crippen LogP contribution in [0.1, 0.15) is 78.6 Å². The van der Waals surface area contributed by atoms with Crippen molar-refractivity contribution >= 4 is 51.7 Å². The van der Waals surface area contributed by atoms with Crippen molar-refractivity contribution in [1.29, 1.82) is 0 Å². The molecule has 17 heteroatoms. The molecule has 0 bridgehead atoms. The van der Waals surface area contributed by atoms with Gasteiger partial charge in [-0.1, -0.05) is 77.9 Å². The number of carbonyl (C=O) groups is 4. The molecule has 0 heterocycles. The molecule has 4 aromatic rings. The van der Waals surface area contributed by atoms with Gasteiger partial charge < -0.3 is 42.6 Å². The lowest BCUT2D eigenvalue weighted by Gasteiger charge is -2.36. The normalized spacial score (nSPS) is 12.3. The van der Waals surface area contributed by atoms with Crippen molar-refractivity contribution in [2.45, 2.75) is 104 Å². The third kappa shape index (κ3) is 19.3. The van der Waals surface area contributed by atoms with Gasteiger partial charge in [0.15, 0.2) is 0 Å². The van der Waals surface area contributed by atoms with E-state index in [0.29, 0.717) is 23.0 Å². The first-order chi connectivity index (χ1) is 31.2. The number of nitrogens with zero attached hydrogens (tertiary/aromatic N) is 1. The van der Waals surface area contributed by atoms with Crippen LogP contribution in [0.3, 0.4) is 0 Å². The van der Waals surface area contributed by atoms with Gasteiger partial charge in [0.1, 0.15) is 41.0 Å². The molecule has 0 fully saturated rings. The van der Waals surface area contributed by atoms with Crippen molar-refractivity contribution < 1.29 is 56.5 Å². The van der Waals surface area contributed by atoms with Crippen LogP contribution < -0.4 is 33.1 Å². The van der Waals surface area contributed by atoms with Crippen LogP contribution in [0, 0.1) is 0 Å². The quantitative estimate of drug-likeness (QED) is 0.0643. The number of carbonyl (C=O) groups excluding carboxylic acids is 4. The fraction of sp³-hybridized carbons (Fsp3) is 0.440. The Morgan fingerprint density at radius 3 is 1.37 bits per heavy atom. The Morgan fingerprint density at radius 1 is 0.582 bits per heavy atom. The summed E-state index contributed by atoms with van der Waals surface area (Å²) in [5.74, 6) is 2.77. The Kier molecular flexibility index (Phi) is 22.4. The second-order valence-corrected chi connectivity index (χ2v) is 28.2. The first-order valence-electron chi connectivity index (χ1n) is 21.8. The van der Waals surface area contributed by atoms with E-state index in [-0.39, 0.29) is 35.2 Å². The largest absolute Gasteiger partial charge is 0.544 e. The van der Waals surface area contributed by atoms with Crippen LogP contribution in [0.5, 0.6) is 34.5 Å². The van der Waals surface area contributed by atoms with Gasteiger partial charge >= 0.3 is 23.5 Å². The summed E-state index contributed by atoms with van der Waals surface area (Å²) in [4.78, 5) is 47.8. The second-order valence-electron chi connectivity index (χ2n) is 18.5. The van der Waals surface area contributed by atoms with Crippen molar-refractivity contribution in [2.24, 2.45) is 0 Å². The molecule has 4 aromatic carbocycles. The number of benzene rings is 4. The molecule has 0 unspecified atom stereocenters. The van der Waals surface area contributed by atoms with E-state index in [1.165, 1.54) is 33.3 Å². The maximum Gasteiger partial charge on any atom is 0.416 e. The predicted molar refractivity (Wildman–Crippen MR) is 268 cm³/mol. The van der Waals surface area contributed by atoms with Crippen LogP contribution >= 0.6 is 11.6 Å². The summed E-state index contributed by atoms with van der Waals surface area (Å²) < 4.78 is 42.2. The summed E-state index contributed by atoms with van der Waals surface area (Å²) in [5, 5.41) is 3.40. The number of methoxy groups -OCH3 is 4. The van der Waals surface area contributed by atoms with Crippen LogP contribution in [-0.2, 0) is 19.1 Å². The molecule has 1 amide bonds. The number of hydrogen-bond acceptors (Lipinski definition) is 13. The second kappa shape index (κ2) is 26.1. The predicted octanol–water partition coefficient (Wildman–Crippen LogP) is 12.1. The minimum atomic E-state index is -1.96. The number of esters is 2. The van der Waals surface area contributed by atoms with Gasteiger partial charge in [-0.25, -0.2) is 9.59 Å². The van der Waals surface area contributed by atoms with Gasteiger partial charge in [0.2, 0.25) is 16.6 Å². The van der Waals surface area contributed by atoms with Crippen LogP contribution in [0.2, 0.25) is 36.3 Å². The topological polar surface area (TPSA) is 157 Å². The summed E-state index contributed by atoms with van der Waals surface area (Å²) in [7, 11) is 1.97. The van der Waals surface area contributed by atoms with Gasteiger partial charge in [0, 0.05) is 29.8 Å². The fourth-order valence-electron chi connectivity index (χ4n) is 5.29. The average Bonchev–Trinajstić information content (AvgIpc) is 3.26. The molecule has 0 saturated heterocycles. The minimum Gasteiger partial charge on any atom is -0.544 e. The number of halogens is 1. The number of amides is 1. The van der Waals surface area contributed by atoms with Crippen molar-refractivity contribution in [3.8, 4) is 34.5 Å². The zero-order chi connectivity index (χ0) is 50.8. The van der Waals surface area contributed by atoms with E-state index >= 15 is 0 Å². The molecule has 0 spiro atoms. The van der Waals surface area contributed by atoms with E-state index in [9.17, 15) is 19.2 Å². The summed E-state index contributed by atoms with van der Waals surface area (Å²) in [6, 6.07) is 28.7. The van der Waals surface area contributed by atoms with Gasteiger partial charge in [-0.3, -0.25) is 14.5 Å². The molecule has 0 radical (unpaired) electrons. The maximum atomic E-state index is 13.0. The van der Waals surface area contributed by atoms with Gasteiger partial charge in [0.05, 0.1) is 41.0 Å². The molecule has 14 nitrogen and oxygen atoms in total. The monoisotopic (exact) mass is 982 g/mol. The highest BCUT2D eigenvalue weighted by Gasteiger charge is 2.40. The summed E-state index contributed by atoms with van der Waals surface area (Å²) >= 11 is 5.01. The minimum absolute atomic E-state index is 0.0835. The van der Waals surface area contributed by atoms with E-state index in [2.05, 4.69) is 82.5 Å². The average molecular weight is 984 g/mol. The molecule has 0 saturated carbocycles. The van der Waals surface area contributed by atoms with Crippen molar-refractivity contribution in [2.75, 3.05) is 41.5 Å². The zero-order valence-electron chi connectivity index (χ0n) is 42.0. The molecule has 0 aliphatic carbocycles. The highest BCUT2D eigenvalue weighted by Crippen LogP contribution is 2.39. The van der Waals surface area contributed by atoms with Gasteiger partial charge in [0.25, 0.3) is 0 Å².